The van der Waals surface area contributed by atoms with Crippen molar-refractivity contribution >= 4 is 10.9 Å². The van der Waals surface area contributed by atoms with E-state index in [-0.39, 0.29) is 0 Å². The van der Waals surface area contributed by atoms with Crippen molar-refractivity contribution in [3.8, 4) is 0 Å². The van der Waals surface area contributed by atoms with E-state index >= 15 is 0 Å². The van der Waals surface area contributed by atoms with Gasteiger partial charge in [-0.05, 0) is 31.0 Å². The van der Waals surface area contributed by atoms with Crippen LogP contribution >= 0.6 is 0 Å². The summed E-state index contributed by atoms with van der Waals surface area (Å²) in [6.45, 7) is 4.33. The fourth-order valence-corrected chi connectivity index (χ4v) is 1.84. The third kappa shape index (κ3) is 1.46. The first-order chi connectivity index (χ1) is 6.31. The molecule has 0 aliphatic carbocycles. The lowest BCUT2D eigenvalue weighted by molar-refractivity contribution is 0.930. The Bertz CT molecular complexity index is 412. The van der Waals surface area contributed by atoms with Gasteiger partial charge in [0.1, 0.15) is 0 Å². The highest BCUT2D eigenvalue weighted by atomic mass is 14.7. The highest BCUT2D eigenvalue weighted by molar-refractivity contribution is 5.83. The molecule has 0 radical (unpaired) electrons. The second-order valence-corrected chi connectivity index (χ2v) is 3.58. The number of hydrogen-bond donors (Lipinski definition) is 1. The quantitative estimate of drug-likeness (QED) is 0.716. The number of rotatable bonds is 2. The summed E-state index contributed by atoms with van der Waals surface area (Å²) >= 11 is 0. The number of aromatic nitrogens is 1. The molecule has 0 aliphatic heterocycles. The predicted octanol–water partition coefficient (Wildman–Crippen LogP) is 3.43. The standard InChI is InChI=1S/C12H15N/c1-3-5-10-6-4-7-12-11(10)8-9(2)13-12/h4,6-8,13H,3,5H2,1-2H3. The van der Waals surface area contributed by atoms with Gasteiger partial charge < -0.3 is 4.98 Å². The molecule has 1 N–H and O–H groups in total. The van der Waals surface area contributed by atoms with Crippen molar-refractivity contribution in [2.24, 2.45) is 0 Å². The lowest BCUT2D eigenvalue weighted by atomic mass is 10.1. The molecule has 0 fully saturated rings. The Balaban J connectivity index is 2.60. The monoisotopic (exact) mass is 173 g/mol. The van der Waals surface area contributed by atoms with E-state index in [9.17, 15) is 0 Å². The maximum atomic E-state index is 3.36. The van der Waals surface area contributed by atoms with Crippen molar-refractivity contribution in [3.63, 3.8) is 0 Å². The lowest BCUT2D eigenvalue weighted by Crippen LogP contribution is -1.82. The average molecular weight is 173 g/mol. The molecule has 0 saturated heterocycles. The predicted molar refractivity (Wildman–Crippen MR) is 57.0 cm³/mol. The zero-order valence-electron chi connectivity index (χ0n) is 8.22. The van der Waals surface area contributed by atoms with Crippen LogP contribution in [0.1, 0.15) is 24.6 Å². The van der Waals surface area contributed by atoms with Crippen molar-refractivity contribution in [1.29, 1.82) is 0 Å². The minimum absolute atomic E-state index is 1.18. The molecule has 1 aromatic carbocycles. The maximum absolute atomic E-state index is 3.36. The van der Waals surface area contributed by atoms with Crippen molar-refractivity contribution in [1.82, 2.24) is 4.98 Å². The van der Waals surface area contributed by atoms with E-state index in [1.165, 1.54) is 35.0 Å². The minimum Gasteiger partial charge on any atom is -0.359 e. The number of hydrogen-bond acceptors (Lipinski definition) is 0. The van der Waals surface area contributed by atoms with E-state index in [1.807, 2.05) is 0 Å². The Hall–Kier alpha value is -1.24. The second kappa shape index (κ2) is 3.25. The molecular weight excluding hydrogens is 158 g/mol. The van der Waals surface area contributed by atoms with Crippen molar-refractivity contribution in [2.75, 3.05) is 0 Å². The summed E-state index contributed by atoms with van der Waals surface area (Å²) in [4.78, 5) is 3.36. The van der Waals surface area contributed by atoms with E-state index in [0.29, 0.717) is 0 Å². The van der Waals surface area contributed by atoms with Crippen LogP contribution in [0.4, 0.5) is 0 Å². The number of aromatic amines is 1. The molecule has 0 amide bonds. The Morgan fingerprint density at radius 1 is 1.31 bits per heavy atom. The summed E-state index contributed by atoms with van der Waals surface area (Å²) in [5.41, 5.74) is 3.98. The SMILES string of the molecule is CCCc1cccc2[nH]c(C)cc12. The van der Waals surface area contributed by atoms with E-state index in [2.05, 4.69) is 43.1 Å². The molecule has 0 spiro atoms. The van der Waals surface area contributed by atoms with E-state index in [4.69, 9.17) is 0 Å². The average Bonchev–Trinajstić information content (AvgIpc) is 2.47. The molecule has 0 atom stereocenters. The van der Waals surface area contributed by atoms with Crippen molar-refractivity contribution < 1.29 is 0 Å². The molecule has 0 unspecified atom stereocenters. The summed E-state index contributed by atoms with van der Waals surface area (Å²) < 4.78 is 0. The molecular formula is C12H15N. The molecule has 1 aromatic heterocycles. The highest BCUT2D eigenvalue weighted by Crippen LogP contribution is 2.20. The van der Waals surface area contributed by atoms with E-state index < -0.39 is 0 Å². The Morgan fingerprint density at radius 2 is 2.15 bits per heavy atom. The summed E-state index contributed by atoms with van der Waals surface area (Å²) in [5.74, 6) is 0. The highest BCUT2D eigenvalue weighted by Gasteiger charge is 2.01. The zero-order chi connectivity index (χ0) is 9.26. The van der Waals surface area contributed by atoms with Crippen molar-refractivity contribution in [3.05, 3.63) is 35.5 Å². The maximum Gasteiger partial charge on any atom is 0.0458 e. The topological polar surface area (TPSA) is 15.8 Å². The first-order valence-electron chi connectivity index (χ1n) is 4.88. The normalized spacial score (nSPS) is 10.9. The summed E-state index contributed by atoms with van der Waals surface area (Å²) in [5, 5.41) is 1.39. The van der Waals surface area contributed by atoms with Crippen LogP contribution in [0.2, 0.25) is 0 Å². The van der Waals surface area contributed by atoms with Gasteiger partial charge in [0.2, 0.25) is 0 Å². The lowest BCUT2D eigenvalue weighted by Gasteiger charge is -1.99. The van der Waals surface area contributed by atoms with Gasteiger partial charge in [-0.1, -0.05) is 25.5 Å². The molecule has 1 nitrogen and oxygen atoms in total. The number of nitrogens with one attached hydrogen (secondary N) is 1. The summed E-state index contributed by atoms with van der Waals surface area (Å²) in [6, 6.07) is 8.73. The van der Waals surface area contributed by atoms with Gasteiger partial charge in [0, 0.05) is 16.6 Å². The van der Waals surface area contributed by atoms with Gasteiger partial charge in [-0.15, -0.1) is 0 Å². The van der Waals surface area contributed by atoms with Crippen LogP contribution in [-0.2, 0) is 6.42 Å². The van der Waals surface area contributed by atoms with Gasteiger partial charge in [-0.25, -0.2) is 0 Å². The van der Waals surface area contributed by atoms with Gasteiger partial charge in [-0.2, -0.15) is 0 Å². The Morgan fingerprint density at radius 3 is 2.92 bits per heavy atom. The number of H-pyrrole nitrogens is 1. The molecule has 1 heteroatoms. The van der Waals surface area contributed by atoms with Crippen LogP contribution in [-0.4, -0.2) is 4.98 Å². The first-order valence-corrected chi connectivity index (χ1v) is 4.88. The fraction of sp³-hybridized carbons (Fsp3) is 0.333. The van der Waals surface area contributed by atoms with Crippen LogP contribution in [0.15, 0.2) is 24.3 Å². The largest absolute Gasteiger partial charge is 0.359 e. The molecule has 2 rings (SSSR count). The van der Waals surface area contributed by atoms with Gasteiger partial charge in [0.05, 0.1) is 0 Å². The third-order valence-corrected chi connectivity index (χ3v) is 2.41. The third-order valence-electron chi connectivity index (χ3n) is 2.41. The first kappa shape index (κ1) is 8.36. The van der Waals surface area contributed by atoms with Gasteiger partial charge >= 0.3 is 0 Å². The molecule has 2 aromatic rings. The van der Waals surface area contributed by atoms with Crippen LogP contribution in [0.25, 0.3) is 10.9 Å². The zero-order valence-corrected chi connectivity index (χ0v) is 8.22. The van der Waals surface area contributed by atoms with Crippen LogP contribution in [0.3, 0.4) is 0 Å². The molecule has 1 heterocycles. The van der Waals surface area contributed by atoms with Gasteiger partial charge in [-0.3, -0.25) is 0 Å². The molecule has 13 heavy (non-hydrogen) atoms. The molecule has 0 bridgehead atoms. The summed E-state index contributed by atoms with van der Waals surface area (Å²) in [6.07, 6.45) is 2.39. The summed E-state index contributed by atoms with van der Waals surface area (Å²) in [7, 11) is 0. The Kier molecular flexibility index (Phi) is 2.09. The van der Waals surface area contributed by atoms with Gasteiger partial charge in [0.25, 0.3) is 0 Å². The van der Waals surface area contributed by atoms with Crippen LogP contribution in [0.5, 0.6) is 0 Å². The smallest absolute Gasteiger partial charge is 0.0458 e. The van der Waals surface area contributed by atoms with Crippen LogP contribution in [0, 0.1) is 6.92 Å². The second-order valence-electron chi connectivity index (χ2n) is 3.58. The number of aryl methyl sites for hydroxylation is 2. The van der Waals surface area contributed by atoms with E-state index in [0.717, 1.165) is 0 Å². The Labute approximate surface area is 78.8 Å². The molecule has 0 aliphatic rings. The molecule has 68 valence electrons. The minimum atomic E-state index is 1.18. The van der Waals surface area contributed by atoms with E-state index in [1.54, 1.807) is 0 Å². The number of fused-ring (bicyclic) bond motifs is 1. The fourth-order valence-electron chi connectivity index (χ4n) is 1.84. The number of benzene rings is 1. The van der Waals surface area contributed by atoms with Crippen LogP contribution < -0.4 is 0 Å². The molecule has 0 saturated carbocycles. The van der Waals surface area contributed by atoms with Gasteiger partial charge in [0.15, 0.2) is 0 Å². The van der Waals surface area contributed by atoms with Crippen molar-refractivity contribution in [2.45, 2.75) is 26.7 Å².